The van der Waals surface area contributed by atoms with E-state index < -0.39 is 0 Å². The van der Waals surface area contributed by atoms with Gasteiger partial charge in [-0.15, -0.1) is 0 Å². The van der Waals surface area contributed by atoms with Crippen molar-refractivity contribution >= 4 is 11.6 Å². The van der Waals surface area contributed by atoms with Crippen LogP contribution in [0.15, 0.2) is 59.3 Å². The molecule has 2 aromatic carbocycles. The maximum atomic E-state index is 13.2. The number of para-hydroxylation sites is 2. The molecule has 0 radical (unpaired) electrons. The number of aromatic nitrogens is 1. The first-order valence-electron chi connectivity index (χ1n) is 10.0. The molecule has 0 N–H and O–H groups in total. The van der Waals surface area contributed by atoms with Crippen molar-refractivity contribution in [1.29, 1.82) is 0 Å². The van der Waals surface area contributed by atoms with E-state index in [2.05, 4.69) is 10.1 Å². The van der Waals surface area contributed by atoms with Crippen molar-refractivity contribution < 1.29 is 18.4 Å². The first kappa shape index (κ1) is 19.9. The standard InChI is InChI=1S/C23H24FN3O3/c1-29-21-5-3-2-4-20(21)26-12-14-27(15-13-26)22(28)11-8-18-16-30-25-23(18)17-6-9-19(24)10-7-17/h2-7,9-10,16H,8,11-15H2,1H3. The van der Waals surface area contributed by atoms with Crippen LogP contribution < -0.4 is 9.64 Å². The Morgan fingerprint density at radius 1 is 1.10 bits per heavy atom. The highest BCUT2D eigenvalue weighted by Gasteiger charge is 2.23. The van der Waals surface area contributed by atoms with Crippen molar-refractivity contribution in [2.75, 3.05) is 38.2 Å². The largest absolute Gasteiger partial charge is 0.495 e. The summed E-state index contributed by atoms with van der Waals surface area (Å²) in [5.41, 5.74) is 3.34. The molecule has 1 aliphatic rings. The summed E-state index contributed by atoms with van der Waals surface area (Å²) in [5, 5.41) is 4.03. The number of anilines is 1. The summed E-state index contributed by atoms with van der Waals surface area (Å²) < 4.78 is 23.7. The molecule has 0 spiro atoms. The van der Waals surface area contributed by atoms with E-state index in [-0.39, 0.29) is 11.7 Å². The number of methoxy groups -OCH3 is 1. The highest BCUT2D eigenvalue weighted by Crippen LogP contribution is 2.28. The van der Waals surface area contributed by atoms with Crippen LogP contribution in [0, 0.1) is 5.82 Å². The molecule has 0 bridgehead atoms. The van der Waals surface area contributed by atoms with E-state index in [0.29, 0.717) is 31.6 Å². The SMILES string of the molecule is COc1ccccc1N1CCN(C(=O)CCc2conc2-c2ccc(F)cc2)CC1. The number of benzene rings is 2. The highest BCUT2D eigenvalue weighted by molar-refractivity contribution is 5.77. The minimum Gasteiger partial charge on any atom is -0.495 e. The number of carbonyl (C=O) groups excluding carboxylic acids is 1. The van der Waals surface area contributed by atoms with Crippen molar-refractivity contribution in [3.63, 3.8) is 0 Å². The Balaban J connectivity index is 1.33. The van der Waals surface area contributed by atoms with Gasteiger partial charge >= 0.3 is 0 Å². The highest BCUT2D eigenvalue weighted by atomic mass is 19.1. The number of hydrogen-bond acceptors (Lipinski definition) is 5. The van der Waals surface area contributed by atoms with Gasteiger partial charge in [-0.05, 0) is 42.8 Å². The molecule has 2 heterocycles. The number of nitrogens with zero attached hydrogens (tertiary/aromatic N) is 3. The molecule has 1 fully saturated rings. The van der Waals surface area contributed by atoms with Crippen molar-refractivity contribution in [2.45, 2.75) is 12.8 Å². The van der Waals surface area contributed by atoms with Crippen molar-refractivity contribution in [3.8, 4) is 17.0 Å². The minimum absolute atomic E-state index is 0.112. The Kier molecular flexibility index (Phi) is 5.97. The number of aryl methyl sites for hydroxylation is 1. The van der Waals surface area contributed by atoms with Crippen molar-refractivity contribution in [2.24, 2.45) is 0 Å². The molecule has 1 aromatic heterocycles. The van der Waals surface area contributed by atoms with E-state index in [1.165, 1.54) is 12.1 Å². The van der Waals surface area contributed by atoms with Gasteiger partial charge in [-0.3, -0.25) is 4.79 Å². The zero-order valence-corrected chi connectivity index (χ0v) is 16.9. The molecule has 1 amide bonds. The van der Waals surface area contributed by atoms with Gasteiger partial charge in [0.1, 0.15) is 23.5 Å². The van der Waals surface area contributed by atoms with E-state index in [1.807, 2.05) is 29.2 Å². The summed E-state index contributed by atoms with van der Waals surface area (Å²) in [7, 11) is 1.67. The fraction of sp³-hybridized carbons (Fsp3) is 0.304. The van der Waals surface area contributed by atoms with Crippen LogP contribution in [0.5, 0.6) is 5.75 Å². The molecule has 0 atom stereocenters. The Labute approximate surface area is 174 Å². The number of piperazine rings is 1. The molecule has 6 nitrogen and oxygen atoms in total. The lowest BCUT2D eigenvalue weighted by Crippen LogP contribution is -2.48. The second-order valence-electron chi connectivity index (χ2n) is 7.23. The van der Waals surface area contributed by atoms with E-state index in [0.717, 1.165) is 35.7 Å². The zero-order valence-electron chi connectivity index (χ0n) is 16.9. The first-order valence-corrected chi connectivity index (χ1v) is 10.0. The monoisotopic (exact) mass is 409 g/mol. The topological polar surface area (TPSA) is 58.8 Å². The van der Waals surface area contributed by atoms with Crippen LogP contribution in [0.2, 0.25) is 0 Å². The smallest absolute Gasteiger partial charge is 0.223 e. The van der Waals surface area contributed by atoms with Crippen LogP contribution in [0.25, 0.3) is 11.3 Å². The molecule has 1 saturated heterocycles. The van der Waals surface area contributed by atoms with E-state index in [1.54, 1.807) is 25.5 Å². The first-order chi connectivity index (χ1) is 14.7. The van der Waals surface area contributed by atoms with Gasteiger partial charge < -0.3 is 19.1 Å². The molecule has 3 aromatic rings. The third kappa shape index (κ3) is 4.30. The lowest BCUT2D eigenvalue weighted by atomic mass is 10.0. The molecule has 1 aliphatic heterocycles. The molecular weight excluding hydrogens is 385 g/mol. The summed E-state index contributed by atoms with van der Waals surface area (Å²) in [4.78, 5) is 16.9. The lowest BCUT2D eigenvalue weighted by Gasteiger charge is -2.36. The number of hydrogen-bond donors (Lipinski definition) is 0. The Morgan fingerprint density at radius 2 is 1.83 bits per heavy atom. The average molecular weight is 409 g/mol. The van der Waals surface area contributed by atoms with Gasteiger partial charge in [0, 0.05) is 43.7 Å². The summed E-state index contributed by atoms with van der Waals surface area (Å²) in [5.74, 6) is 0.658. The van der Waals surface area contributed by atoms with Gasteiger partial charge in [0.15, 0.2) is 0 Å². The third-order valence-corrected chi connectivity index (χ3v) is 5.43. The molecule has 0 unspecified atom stereocenters. The quantitative estimate of drug-likeness (QED) is 0.620. The maximum absolute atomic E-state index is 13.2. The van der Waals surface area contributed by atoms with Gasteiger partial charge in [-0.2, -0.15) is 0 Å². The Bertz CT molecular complexity index is 995. The summed E-state index contributed by atoms with van der Waals surface area (Å²) in [6, 6.07) is 14.0. The summed E-state index contributed by atoms with van der Waals surface area (Å²) in [6.07, 6.45) is 2.47. The van der Waals surface area contributed by atoms with Crippen LogP contribution in [0.1, 0.15) is 12.0 Å². The Hall–Kier alpha value is -3.35. The summed E-state index contributed by atoms with van der Waals surface area (Å²) in [6.45, 7) is 2.87. The number of ether oxygens (including phenoxy) is 1. The van der Waals surface area contributed by atoms with Crippen LogP contribution in [0.4, 0.5) is 10.1 Å². The Morgan fingerprint density at radius 3 is 2.57 bits per heavy atom. The zero-order chi connectivity index (χ0) is 20.9. The number of halogens is 1. The predicted octanol–water partition coefficient (Wildman–Crippen LogP) is 3.77. The summed E-state index contributed by atoms with van der Waals surface area (Å²) >= 11 is 0. The van der Waals surface area contributed by atoms with Gasteiger partial charge in [-0.25, -0.2) is 4.39 Å². The van der Waals surface area contributed by atoms with Crippen molar-refractivity contribution in [3.05, 3.63) is 66.2 Å². The lowest BCUT2D eigenvalue weighted by molar-refractivity contribution is -0.131. The number of carbonyl (C=O) groups is 1. The van der Waals surface area contributed by atoms with Gasteiger partial charge in [0.2, 0.25) is 5.91 Å². The molecular formula is C23H24FN3O3. The molecule has 0 saturated carbocycles. The van der Waals surface area contributed by atoms with E-state index in [9.17, 15) is 9.18 Å². The van der Waals surface area contributed by atoms with Crippen LogP contribution in [-0.4, -0.2) is 49.3 Å². The van der Waals surface area contributed by atoms with Crippen LogP contribution in [0.3, 0.4) is 0 Å². The fourth-order valence-electron chi connectivity index (χ4n) is 3.77. The number of amides is 1. The van der Waals surface area contributed by atoms with Crippen LogP contribution in [-0.2, 0) is 11.2 Å². The molecule has 156 valence electrons. The maximum Gasteiger partial charge on any atom is 0.223 e. The van der Waals surface area contributed by atoms with Crippen LogP contribution >= 0.6 is 0 Å². The average Bonchev–Trinajstić information content (AvgIpc) is 3.26. The van der Waals surface area contributed by atoms with Gasteiger partial charge in [0.25, 0.3) is 0 Å². The predicted molar refractivity (Wildman–Crippen MR) is 112 cm³/mol. The molecule has 0 aliphatic carbocycles. The van der Waals surface area contributed by atoms with E-state index >= 15 is 0 Å². The second kappa shape index (κ2) is 8.98. The van der Waals surface area contributed by atoms with Gasteiger partial charge in [0.05, 0.1) is 12.8 Å². The molecule has 30 heavy (non-hydrogen) atoms. The second-order valence-corrected chi connectivity index (χ2v) is 7.23. The van der Waals surface area contributed by atoms with Crippen molar-refractivity contribution in [1.82, 2.24) is 10.1 Å². The third-order valence-electron chi connectivity index (χ3n) is 5.43. The minimum atomic E-state index is -0.300. The fourth-order valence-corrected chi connectivity index (χ4v) is 3.77. The molecule has 4 rings (SSSR count). The van der Waals surface area contributed by atoms with Gasteiger partial charge in [-0.1, -0.05) is 17.3 Å². The number of rotatable bonds is 6. The van der Waals surface area contributed by atoms with E-state index in [4.69, 9.17) is 9.26 Å². The normalized spacial score (nSPS) is 14.1. The molecule has 7 heteroatoms.